The van der Waals surface area contributed by atoms with Gasteiger partial charge in [0.1, 0.15) is 5.03 Å². The molecule has 2 nitrogen and oxygen atoms in total. The first kappa shape index (κ1) is 13.4. The number of hydrogen-bond donors (Lipinski definition) is 1. The second kappa shape index (κ2) is 6.23. The number of benzene rings is 1. The van der Waals surface area contributed by atoms with Crippen LogP contribution in [0.4, 0.5) is 0 Å². The second-order valence-corrected chi connectivity index (χ2v) is 5.69. The average Bonchev–Trinajstić information content (AvgIpc) is 2.34. The lowest BCUT2D eigenvalue weighted by atomic mass is 10.1. The first-order valence-electron chi connectivity index (χ1n) is 5.78. The van der Waals surface area contributed by atoms with Crippen LogP contribution in [0.3, 0.4) is 0 Å². The fourth-order valence-corrected chi connectivity index (χ4v) is 2.63. The molecule has 0 aliphatic carbocycles. The summed E-state index contributed by atoms with van der Waals surface area (Å²) in [6.07, 6.45) is 2.73. The Balaban J connectivity index is 2.09. The molecular weight excluding hydrogens is 264 g/mol. The van der Waals surface area contributed by atoms with Gasteiger partial charge < -0.3 is 5.73 Å². The monoisotopic (exact) mass is 278 g/mol. The molecule has 1 atom stereocenters. The molecule has 1 unspecified atom stereocenters. The zero-order valence-electron chi connectivity index (χ0n) is 10.1. The normalized spacial score (nSPS) is 12.4. The third-order valence-electron chi connectivity index (χ3n) is 2.41. The van der Waals surface area contributed by atoms with Gasteiger partial charge in [0.05, 0.1) is 5.02 Å². The highest BCUT2D eigenvalue weighted by Crippen LogP contribution is 2.31. The van der Waals surface area contributed by atoms with Crippen LogP contribution in [-0.2, 0) is 6.42 Å². The maximum absolute atomic E-state index is 6.11. The third kappa shape index (κ3) is 3.73. The predicted octanol–water partition coefficient (Wildman–Crippen LogP) is 3.78. The maximum Gasteiger partial charge on any atom is 0.101 e. The molecule has 2 rings (SSSR count). The summed E-state index contributed by atoms with van der Waals surface area (Å²) in [7, 11) is 0. The van der Waals surface area contributed by atoms with Gasteiger partial charge in [-0.25, -0.2) is 4.98 Å². The SMILES string of the molecule is CC(N)Cc1ccc(Sc2ccccc2Cl)nc1. The number of nitrogens with two attached hydrogens (primary N) is 1. The number of hydrogen-bond acceptors (Lipinski definition) is 3. The van der Waals surface area contributed by atoms with Crippen molar-refractivity contribution in [3.8, 4) is 0 Å². The zero-order chi connectivity index (χ0) is 13.0. The summed E-state index contributed by atoms with van der Waals surface area (Å²) in [5.74, 6) is 0. The molecule has 1 aromatic heterocycles. The van der Waals surface area contributed by atoms with E-state index in [1.807, 2.05) is 43.5 Å². The Morgan fingerprint density at radius 2 is 2.06 bits per heavy atom. The van der Waals surface area contributed by atoms with Crippen LogP contribution in [0.5, 0.6) is 0 Å². The van der Waals surface area contributed by atoms with E-state index in [9.17, 15) is 0 Å². The van der Waals surface area contributed by atoms with Crippen LogP contribution in [0.2, 0.25) is 5.02 Å². The molecular formula is C14H15ClN2S. The van der Waals surface area contributed by atoms with Crippen molar-refractivity contribution in [2.45, 2.75) is 29.3 Å². The highest BCUT2D eigenvalue weighted by atomic mass is 35.5. The molecule has 0 amide bonds. The van der Waals surface area contributed by atoms with E-state index in [0.29, 0.717) is 0 Å². The quantitative estimate of drug-likeness (QED) is 0.925. The van der Waals surface area contributed by atoms with Gasteiger partial charge in [0, 0.05) is 17.1 Å². The van der Waals surface area contributed by atoms with Gasteiger partial charge in [0.25, 0.3) is 0 Å². The van der Waals surface area contributed by atoms with Gasteiger partial charge in [0.15, 0.2) is 0 Å². The standard InChI is InChI=1S/C14H15ClN2S/c1-10(16)8-11-6-7-14(17-9-11)18-13-5-3-2-4-12(13)15/h2-7,9-10H,8,16H2,1H3. The summed E-state index contributed by atoms with van der Waals surface area (Å²) >= 11 is 7.68. The van der Waals surface area contributed by atoms with Crippen molar-refractivity contribution in [1.29, 1.82) is 0 Å². The number of pyridine rings is 1. The van der Waals surface area contributed by atoms with Gasteiger partial charge in [-0.3, -0.25) is 0 Å². The van der Waals surface area contributed by atoms with Crippen molar-refractivity contribution in [2.24, 2.45) is 5.73 Å². The smallest absolute Gasteiger partial charge is 0.101 e. The fourth-order valence-electron chi connectivity index (χ4n) is 1.60. The molecule has 0 aliphatic rings. The fraction of sp³-hybridized carbons (Fsp3) is 0.214. The molecule has 1 aromatic carbocycles. The van der Waals surface area contributed by atoms with E-state index in [2.05, 4.69) is 11.1 Å². The molecule has 0 saturated heterocycles. The summed E-state index contributed by atoms with van der Waals surface area (Å²) in [4.78, 5) is 5.44. The number of rotatable bonds is 4. The molecule has 0 radical (unpaired) electrons. The van der Waals surface area contributed by atoms with Crippen LogP contribution in [0.25, 0.3) is 0 Å². The van der Waals surface area contributed by atoms with Crippen molar-refractivity contribution in [3.05, 3.63) is 53.2 Å². The van der Waals surface area contributed by atoms with Crippen molar-refractivity contribution in [3.63, 3.8) is 0 Å². The van der Waals surface area contributed by atoms with E-state index in [0.717, 1.165) is 26.9 Å². The Bertz CT molecular complexity index is 511. The van der Waals surface area contributed by atoms with Crippen LogP contribution in [0.1, 0.15) is 12.5 Å². The number of halogens is 1. The minimum absolute atomic E-state index is 0.161. The van der Waals surface area contributed by atoms with E-state index >= 15 is 0 Å². The van der Waals surface area contributed by atoms with E-state index in [1.54, 1.807) is 11.8 Å². The van der Waals surface area contributed by atoms with Gasteiger partial charge >= 0.3 is 0 Å². The lowest BCUT2D eigenvalue weighted by Crippen LogP contribution is -2.17. The van der Waals surface area contributed by atoms with Crippen LogP contribution < -0.4 is 5.73 Å². The van der Waals surface area contributed by atoms with Crippen LogP contribution in [0, 0.1) is 0 Å². The van der Waals surface area contributed by atoms with Gasteiger partial charge in [-0.1, -0.05) is 41.6 Å². The van der Waals surface area contributed by atoms with Gasteiger partial charge in [-0.2, -0.15) is 0 Å². The molecule has 0 aliphatic heterocycles. The Labute approximate surface area is 117 Å². The summed E-state index contributed by atoms with van der Waals surface area (Å²) in [6.45, 7) is 1.99. The molecule has 0 fully saturated rings. The van der Waals surface area contributed by atoms with E-state index in [4.69, 9.17) is 17.3 Å². The first-order valence-corrected chi connectivity index (χ1v) is 6.97. The maximum atomic E-state index is 6.11. The highest BCUT2D eigenvalue weighted by Gasteiger charge is 2.04. The minimum atomic E-state index is 0.161. The molecule has 94 valence electrons. The summed E-state index contributed by atoms with van der Waals surface area (Å²) in [5.41, 5.74) is 6.92. The van der Waals surface area contributed by atoms with Crippen molar-refractivity contribution < 1.29 is 0 Å². The van der Waals surface area contributed by atoms with Crippen molar-refractivity contribution >= 4 is 23.4 Å². The van der Waals surface area contributed by atoms with Crippen molar-refractivity contribution in [1.82, 2.24) is 4.98 Å². The van der Waals surface area contributed by atoms with Gasteiger partial charge in [0.2, 0.25) is 0 Å². The largest absolute Gasteiger partial charge is 0.328 e. The Morgan fingerprint density at radius 3 is 2.67 bits per heavy atom. The average molecular weight is 279 g/mol. The molecule has 4 heteroatoms. The first-order chi connectivity index (χ1) is 8.65. The van der Waals surface area contributed by atoms with E-state index in [-0.39, 0.29) is 6.04 Å². The second-order valence-electron chi connectivity index (χ2n) is 4.22. The van der Waals surface area contributed by atoms with Gasteiger partial charge in [-0.15, -0.1) is 0 Å². The molecule has 0 bridgehead atoms. The summed E-state index contributed by atoms with van der Waals surface area (Å²) < 4.78 is 0. The highest BCUT2D eigenvalue weighted by molar-refractivity contribution is 7.99. The molecule has 18 heavy (non-hydrogen) atoms. The predicted molar refractivity (Wildman–Crippen MR) is 77.2 cm³/mol. The minimum Gasteiger partial charge on any atom is -0.328 e. The van der Waals surface area contributed by atoms with Crippen molar-refractivity contribution in [2.75, 3.05) is 0 Å². The molecule has 1 heterocycles. The number of nitrogens with zero attached hydrogens (tertiary/aromatic N) is 1. The third-order valence-corrected chi connectivity index (χ3v) is 3.87. The van der Waals surface area contributed by atoms with Crippen LogP contribution in [0.15, 0.2) is 52.5 Å². The van der Waals surface area contributed by atoms with Crippen LogP contribution >= 0.6 is 23.4 Å². The van der Waals surface area contributed by atoms with Gasteiger partial charge in [-0.05, 0) is 37.1 Å². The lowest BCUT2D eigenvalue weighted by molar-refractivity contribution is 0.734. The topological polar surface area (TPSA) is 38.9 Å². The molecule has 0 saturated carbocycles. The Kier molecular flexibility index (Phi) is 4.64. The molecule has 0 spiro atoms. The number of aromatic nitrogens is 1. The van der Waals surface area contributed by atoms with Crippen LogP contribution in [-0.4, -0.2) is 11.0 Å². The molecule has 2 N–H and O–H groups in total. The lowest BCUT2D eigenvalue weighted by Gasteiger charge is -2.06. The van der Waals surface area contributed by atoms with E-state index in [1.165, 1.54) is 0 Å². The Hall–Kier alpha value is -1.03. The summed E-state index contributed by atoms with van der Waals surface area (Å²) in [5, 5.41) is 1.69. The van der Waals surface area contributed by atoms with E-state index < -0.39 is 0 Å². The molecule has 2 aromatic rings. The Morgan fingerprint density at radius 1 is 1.28 bits per heavy atom. The summed E-state index contributed by atoms with van der Waals surface area (Å²) in [6, 6.07) is 12.0. The zero-order valence-corrected chi connectivity index (χ0v) is 11.7.